The van der Waals surface area contributed by atoms with Crippen LogP contribution < -0.4 is 5.32 Å². The molecule has 0 aromatic heterocycles. The van der Waals surface area contributed by atoms with Crippen molar-refractivity contribution in [1.82, 2.24) is 0 Å². The van der Waals surface area contributed by atoms with Gasteiger partial charge in [0, 0.05) is 11.1 Å². The standard InChI is InChI=1S/C19H19NO3/c1-11-8-13(3)17-15(9-11)19(23,18(22)20-17)10-16(21)14-7-5-4-6-12(14)2/h4-9,23H,10H2,1-3H3,(H,20,22). The van der Waals surface area contributed by atoms with Crippen LogP contribution in [-0.4, -0.2) is 16.8 Å². The predicted molar refractivity (Wildman–Crippen MR) is 88.6 cm³/mol. The minimum Gasteiger partial charge on any atom is -0.375 e. The molecule has 0 aliphatic carbocycles. The fourth-order valence-corrected chi connectivity index (χ4v) is 3.19. The number of hydrogen-bond acceptors (Lipinski definition) is 3. The summed E-state index contributed by atoms with van der Waals surface area (Å²) in [4.78, 5) is 25.0. The molecule has 0 saturated carbocycles. The van der Waals surface area contributed by atoms with E-state index in [1.165, 1.54) is 0 Å². The van der Waals surface area contributed by atoms with Crippen LogP contribution in [0.25, 0.3) is 0 Å². The van der Waals surface area contributed by atoms with Crippen LogP contribution in [0, 0.1) is 20.8 Å². The van der Waals surface area contributed by atoms with Gasteiger partial charge in [-0.3, -0.25) is 9.59 Å². The zero-order valence-electron chi connectivity index (χ0n) is 13.4. The molecule has 2 N–H and O–H groups in total. The molecule has 4 heteroatoms. The lowest BCUT2D eigenvalue weighted by molar-refractivity contribution is -0.133. The van der Waals surface area contributed by atoms with Gasteiger partial charge in [0.2, 0.25) is 0 Å². The maximum atomic E-state index is 12.6. The number of benzene rings is 2. The van der Waals surface area contributed by atoms with Crippen LogP contribution in [0.5, 0.6) is 0 Å². The van der Waals surface area contributed by atoms with E-state index in [0.29, 0.717) is 16.8 Å². The summed E-state index contributed by atoms with van der Waals surface area (Å²) in [5, 5.41) is 13.7. The minimum atomic E-state index is -1.81. The number of anilines is 1. The fourth-order valence-electron chi connectivity index (χ4n) is 3.19. The largest absolute Gasteiger partial charge is 0.375 e. The van der Waals surface area contributed by atoms with Gasteiger partial charge in [0.05, 0.1) is 12.1 Å². The Labute approximate surface area is 135 Å². The Hall–Kier alpha value is -2.46. The quantitative estimate of drug-likeness (QED) is 0.857. The van der Waals surface area contributed by atoms with Crippen molar-refractivity contribution < 1.29 is 14.7 Å². The summed E-state index contributed by atoms with van der Waals surface area (Å²) in [5.41, 5.74) is 2.48. The summed E-state index contributed by atoms with van der Waals surface area (Å²) in [5.74, 6) is -0.782. The van der Waals surface area contributed by atoms with Gasteiger partial charge in [-0.15, -0.1) is 0 Å². The molecule has 2 aromatic rings. The molecule has 0 fully saturated rings. The second-order valence-electron chi connectivity index (χ2n) is 6.23. The predicted octanol–water partition coefficient (Wildman–Crippen LogP) is 3.02. The van der Waals surface area contributed by atoms with Gasteiger partial charge in [0.15, 0.2) is 11.4 Å². The molecule has 23 heavy (non-hydrogen) atoms. The molecule has 1 aliphatic heterocycles. The summed E-state index contributed by atoms with van der Waals surface area (Å²) >= 11 is 0. The Morgan fingerprint density at radius 1 is 1.13 bits per heavy atom. The molecule has 1 heterocycles. The van der Waals surface area contributed by atoms with Crippen LogP contribution in [0.4, 0.5) is 5.69 Å². The van der Waals surface area contributed by atoms with Gasteiger partial charge < -0.3 is 10.4 Å². The molecule has 0 saturated heterocycles. The van der Waals surface area contributed by atoms with Gasteiger partial charge in [0.1, 0.15) is 0 Å². The molecule has 1 atom stereocenters. The molecule has 0 spiro atoms. The number of aryl methyl sites for hydroxylation is 3. The summed E-state index contributed by atoms with van der Waals surface area (Å²) in [6.07, 6.45) is -0.264. The first-order chi connectivity index (χ1) is 10.8. The minimum absolute atomic E-state index is 0.243. The molecule has 3 rings (SSSR count). The first-order valence-corrected chi connectivity index (χ1v) is 7.57. The molecular weight excluding hydrogens is 290 g/mol. The van der Waals surface area contributed by atoms with E-state index in [0.717, 1.165) is 16.7 Å². The fraction of sp³-hybridized carbons (Fsp3) is 0.263. The SMILES string of the molecule is Cc1cc(C)c2c(c1)C(O)(CC(=O)c1ccccc1C)C(=O)N2. The third-order valence-corrected chi connectivity index (χ3v) is 4.40. The van der Waals surface area contributed by atoms with Crippen LogP contribution in [0.1, 0.15) is 39.0 Å². The third-order valence-electron chi connectivity index (χ3n) is 4.40. The molecule has 0 radical (unpaired) electrons. The highest BCUT2D eigenvalue weighted by Gasteiger charge is 2.47. The number of rotatable bonds is 3. The van der Waals surface area contributed by atoms with E-state index in [2.05, 4.69) is 5.32 Å². The van der Waals surface area contributed by atoms with E-state index >= 15 is 0 Å². The Morgan fingerprint density at radius 3 is 2.52 bits per heavy atom. The van der Waals surface area contributed by atoms with E-state index < -0.39 is 11.5 Å². The molecule has 1 aliphatic rings. The highest BCUT2D eigenvalue weighted by atomic mass is 16.3. The first kappa shape index (κ1) is 15.4. The van der Waals surface area contributed by atoms with Crippen molar-refractivity contribution in [2.45, 2.75) is 32.8 Å². The Balaban J connectivity index is 2.02. The van der Waals surface area contributed by atoms with E-state index in [1.54, 1.807) is 18.2 Å². The number of fused-ring (bicyclic) bond motifs is 1. The van der Waals surface area contributed by atoms with Gasteiger partial charge in [-0.25, -0.2) is 0 Å². The monoisotopic (exact) mass is 309 g/mol. The topological polar surface area (TPSA) is 66.4 Å². The van der Waals surface area contributed by atoms with E-state index in [1.807, 2.05) is 39.0 Å². The summed E-state index contributed by atoms with van der Waals surface area (Å²) < 4.78 is 0. The van der Waals surface area contributed by atoms with Gasteiger partial charge >= 0.3 is 0 Å². The number of nitrogens with one attached hydrogen (secondary N) is 1. The molecule has 4 nitrogen and oxygen atoms in total. The normalized spacial score (nSPS) is 19.4. The van der Waals surface area contributed by atoms with Crippen molar-refractivity contribution in [1.29, 1.82) is 0 Å². The van der Waals surface area contributed by atoms with Crippen LogP contribution >= 0.6 is 0 Å². The number of carbonyl (C=O) groups is 2. The number of amides is 1. The lowest BCUT2D eigenvalue weighted by atomic mass is 9.86. The maximum Gasteiger partial charge on any atom is 0.261 e. The van der Waals surface area contributed by atoms with Gasteiger partial charge in [-0.1, -0.05) is 42.0 Å². The zero-order valence-corrected chi connectivity index (χ0v) is 13.4. The average molecular weight is 309 g/mol. The van der Waals surface area contributed by atoms with E-state index in [4.69, 9.17) is 0 Å². The van der Waals surface area contributed by atoms with Crippen LogP contribution in [0.2, 0.25) is 0 Å². The molecular formula is C19H19NO3. The summed E-state index contributed by atoms with van der Waals surface area (Å²) in [7, 11) is 0. The Morgan fingerprint density at radius 2 is 1.83 bits per heavy atom. The number of Topliss-reactive ketones (excluding diaryl/α,β-unsaturated/α-hetero) is 1. The van der Waals surface area contributed by atoms with Crippen LogP contribution in [0.15, 0.2) is 36.4 Å². The van der Waals surface area contributed by atoms with Crippen LogP contribution in [-0.2, 0) is 10.4 Å². The van der Waals surface area contributed by atoms with Crippen LogP contribution in [0.3, 0.4) is 0 Å². The molecule has 1 amide bonds. The highest BCUT2D eigenvalue weighted by Crippen LogP contribution is 2.41. The van der Waals surface area contributed by atoms with Gasteiger partial charge in [-0.2, -0.15) is 0 Å². The second-order valence-corrected chi connectivity index (χ2v) is 6.23. The smallest absolute Gasteiger partial charge is 0.261 e. The lowest BCUT2D eigenvalue weighted by Gasteiger charge is -2.21. The molecule has 1 unspecified atom stereocenters. The maximum absolute atomic E-state index is 12.6. The van der Waals surface area contributed by atoms with Crippen molar-refractivity contribution >= 4 is 17.4 Å². The molecule has 118 valence electrons. The van der Waals surface area contributed by atoms with E-state index in [9.17, 15) is 14.7 Å². The van der Waals surface area contributed by atoms with Crippen molar-refractivity contribution in [2.75, 3.05) is 5.32 Å². The number of hydrogen-bond donors (Lipinski definition) is 2. The second kappa shape index (κ2) is 5.32. The number of carbonyl (C=O) groups excluding carboxylic acids is 2. The average Bonchev–Trinajstić information content (AvgIpc) is 2.72. The summed E-state index contributed by atoms with van der Waals surface area (Å²) in [6.45, 7) is 5.62. The first-order valence-electron chi connectivity index (χ1n) is 7.57. The van der Waals surface area contributed by atoms with Crippen molar-refractivity contribution in [2.24, 2.45) is 0 Å². The van der Waals surface area contributed by atoms with Crippen molar-refractivity contribution in [3.05, 3.63) is 64.2 Å². The molecule has 0 bridgehead atoms. The van der Waals surface area contributed by atoms with Crippen molar-refractivity contribution in [3.8, 4) is 0 Å². The Kier molecular flexibility index (Phi) is 3.57. The van der Waals surface area contributed by atoms with Gasteiger partial charge in [0.25, 0.3) is 5.91 Å². The highest BCUT2D eigenvalue weighted by molar-refractivity contribution is 6.10. The summed E-state index contributed by atoms with van der Waals surface area (Å²) in [6, 6.07) is 10.9. The Bertz CT molecular complexity index is 825. The van der Waals surface area contributed by atoms with Gasteiger partial charge in [-0.05, 0) is 31.9 Å². The number of ketones is 1. The molecule has 2 aromatic carbocycles. The zero-order chi connectivity index (χ0) is 16.8. The third kappa shape index (κ3) is 2.45. The van der Waals surface area contributed by atoms with Crippen molar-refractivity contribution in [3.63, 3.8) is 0 Å². The lowest BCUT2D eigenvalue weighted by Crippen LogP contribution is -2.36. The van der Waals surface area contributed by atoms with E-state index in [-0.39, 0.29) is 12.2 Å². The number of aliphatic hydroxyl groups is 1.